The Morgan fingerprint density at radius 1 is 1.25 bits per heavy atom. The van der Waals surface area contributed by atoms with Crippen molar-refractivity contribution in [2.24, 2.45) is 7.05 Å². The van der Waals surface area contributed by atoms with E-state index in [0.717, 1.165) is 6.26 Å². The highest BCUT2D eigenvalue weighted by atomic mass is 32.2. The van der Waals surface area contributed by atoms with Crippen LogP contribution in [0.5, 0.6) is 5.88 Å². The first-order chi connectivity index (χ1) is 9.21. The Morgan fingerprint density at radius 2 is 1.80 bits per heavy atom. The van der Waals surface area contributed by atoms with Crippen LogP contribution in [0, 0.1) is 6.92 Å². The number of rotatable bonds is 3. The zero-order valence-electron chi connectivity index (χ0n) is 11.3. The van der Waals surface area contributed by atoms with Crippen LogP contribution in [0.2, 0.25) is 0 Å². The number of carbonyl (C=O) groups is 1. The van der Waals surface area contributed by atoms with E-state index in [1.807, 2.05) is 0 Å². The summed E-state index contributed by atoms with van der Waals surface area (Å²) in [6.07, 6.45) is 1.10. The molecule has 1 aromatic heterocycles. The lowest BCUT2D eigenvalue weighted by Crippen LogP contribution is -2.04. The smallest absolute Gasteiger partial charge is 0.220 e. The quantitative estimate of drug-likeness (QED) is 0.855. The summed E-state index contributed by atoms with van der Waals surface area (Å²) < 4.78 is 23.9. The van der Waals surface area contributed by atoms with Gasteiger partial charge in [-0.3, -0.25) is 4.79 Å². The van der Waals surface area contributed by atoms with Crippen LogP contribution in [0.1, 0.15) is 21.6 Å². The van der Waals surface area contributed by atoms with Gasteiger partial charge in [0.05, 0.1) is 10.6 Å². The molecule has 0 fully saturated rings. The normalized spacial score (nSPS) is 11.6. The highest BCUT2D eigenvalue weighted by molar-refractivity contribution is 7.90. The lowest BCUT2D eigenvalue weighted by Gasteiger charge is -2.02. The number of hydrogen-bond acceptors (Lipinski definition) is 5. The molecule has 2 rings (SSSR count). The molecule has 20 heavy (non-hydrogen) atoms. The molecule has 1 N–H and O–H groups in total. The number of sulfone groups is 1. The van der Waals surface area contributed by atoms with Crippen LogP contribution in [0.15, 0.2) is 29.2 Å². The molecule has 0 aliphatic carbocycles. The molecule has 2 aromatic rings. The molecular formula is C13H14N2O4S. The lowest BCUT2D eigenvalue weighted by atomic mass is 10.0. The van der Waals surface area contributed by atoms with Crippen molar-refractivity contribution in [3.05, 3.63) is 41.1 Å². The van der Waals surface area contributed by atoms with E-state index in [4.69, 9.17) is 0 Å². The highest BCUT2D eigenvalue weighted by Gasteiger charge is 2.21. The molecule has 0 atom stereocenters. The fraction of sp³-hybridized carbons (Fsp3) is 0.231. The second-order valence-corrected chi connectivity index (χ2v) is 6.55. The zero-order chi connectivity index (χ0) is 15.1. The van der Waals surface area contributed by atoms with Crippen molar-refractivity contribution in [2.75, 3.05) is 6.26 Å². The van der Waals surface area contributed by atoms with Gasteiger partial charge in [-0.2, -0.15) is 5.10 Å². The van der Waals surface area contributed by atoms with Crippen molar-refractivity contribution < 1.29 is 18.3 Å². The van der Waals surface area contributed by atoms with Crippen LogP contribution < -0.4 is 0 Å². The molecule has 0 radical (unpaired) electrons. The number of carbonyl (C=O) groups excluding carboxylic acids is 1. The van der Waals surface area contributed by atoms with E-state index >= 15 is 0 Å². The number of aromatic nitrogens is 2. The molecule has 6 nitrogen and oxygen atoms in total. The van der Waals surface area contributed by atoms with E-state index in [1.54, 1.807) is 6.92 Å². The van der Waals surface area contributed by atoms with Gasteiger partial charge in [0.2, 0.25) is 5.88 Å². The third kappa shape index (κ3) is 2.44. The largest absolute Gasteiger partial charge is 0.493 e. The summed E-state index contributed by atoms with van der Waals surface area (Å²) in [5.74, 6) is -0.604. The molecule has 7 heteroatoms. The van der Waals surface area contributed by atoms with Crippen LogP contribution in [-0.2, 0) is 16.9 Å². The summed E-state index contributed by atoms with van der Waals surface area (Å²) in [5, 5.41) is 13.8. The Labute approximate surface area is 116 Å². The molecule has 1 heterocycles. The Bertz CT molecular complexity index is 773. The number of aryl methyl sites for hydroxylation is 2. The van der Waals surface area contributed by atoms with Crippen LogP contribution >= 0.6 is 0 Å². The lowest BCUT2D eigenvalue weighted by molar-refractivity contribution is 0.103. The van der Waals surface area contributed by atoms with E-state index in [0.29, 0.717) is 11.3 Å². The molecule has 1 aromatic carbocycles. The Hall–Kier alpha value is -2.15. The molecular weight excluding hydrogens is 280 g/mol. The Kier molecular flexibility index (Phi) is 3.39. The topological polar surface area (TPSA) is 89.3 Å². The molecule has 0 unspecified atom stereocenters. The van der Waals surface area contributed by atoms with Gasteiger partial charge < -0.3 is 5.11 Å². The first-order valence-corrected chi connectivity index (χ1v) is 7.68. The van der Waals surface area contributed by atoms with Crippen molar-refractivity contribution in [1.29, 1.82) is 0 Å². The van der Waals surface area contributed by atoms with Gasteiger partial charge in [0, 0.05) is 18.9 Å². The number of ketones is 1. The third-order valence-corrected chi connectivity index (χ3v) is 4.09. The average Bonchev–Trinajstić information content (AvgIpc) is 2.62. The van der Waals surface area contributed by atoms with Gasteiger partial charge in [-0.05, 0) is 31.2 Å². The first kappa shape index (κ1) is 14.3. The minimum absolute atomic E-state index is 0.125. The van der Waals surface area contributed by atoms with E-state index in [1.165, 1.54) is 36.0 Å². The minimum Gasteiger partial charge on any atom is -0.493 e. The average molecular weight is 294 g/mol. The maximum absolute atomic E-state index is 12.3. The van der Waals surface area contributed by atoms with Crippen LogP contribution in [0.25, 0.3) is 0 Å². The maximum Gasteiger partial charge on any atom is 0.220 e. The molecule has 106 valence electrons. The molecule has 0 bridgehead atoms. The monoisotopic (exact) mass is 294 g/mol. The number of nitrogens with zero attached hydrogens (tertiary/aromatic N) is 2. The number of hydrogen-bond donors (Lipinski definition) is 1. The molecule has 0 amide bonds. The van der Waals surface area contributed by atoms with Crippen molar-refractivity contribution in [3.8, 4) is 5.88 Å². The van der Waals surface area contributed by atoms with Crippen LogP contribution in [-0.4, -0.2) is 35.3 Å². The molecule has 0 aliphatic rings. The fourth-order valence-electron chi connectivity index (χ4n) is 1.91. The van der Waals surface area contributed by atoms with Gasteiger partial charge in [0.1, 0.15) is 5.56 Å². The predicted octanol–water partition coefficient (Wildman–Crippen LogP) is 1.07. The summed E-state index contributed by atoms with van der Waals surface area (Å²) in [7, 11) is -1.77. The van der Waals surface area contributed by atoms with E-state index in [9.17, 15) is 18.3 Å². The second-order valence-electron chi connectivity index (χ2n) is 4.53. The van der Waals surface area contributed by atoms with Gasteiger partial charge in [-0.25, -0.2) is 13.1 Å². The Balaban J connectivity index is 2.44. The minimum atomic E-state index is -3.30. The predicted molar refractivity (Wildman–Crippen MR) is 72.6 cm³/mol. The van der Waals surface area contributed by atoms with E-state index in [2.05, 4.69) is 5.10 Å². The van der Waals surface area contributed by atoms with E-state index in [-0.39, 0.29) is 16.3 Å². The summed E-state index contributed by atoms with van der Waals surface area (Å²) >= 11 is 0. The van der Waals surface area contributed by atoms with Gasteiger partial charge in [0.25, 0.3) is 0 Å². The SMILES string of the molecule is Cc1nn(C)c(O)c1C(=O)c1ccc(S(C)(=O)=O)cc1. The summed E-state index contributed by atoms with van der Waals surface area (Å²) in [5.41, 5.74) is 0.839. The molecule has 0 saturated heterocycles. The highest BCUT2D eigenvalue weighted by Crippen LogP contribution is 2.23. The summed E-state index contributed by atoms with van der Waals surface area (Å²) in [6, 6.07) is 5.58. The summed E-state index contributed by atoms with van der Waals surface area (Å²) in [6.45, 7) is 1.62. The van der Waals surface area contributed by atoms with Crippen molar-refractivity contribution in [2.45, 2.75) is 11.8 Å². The second kappa shape index (κ2) is 4.75. The standard InChI is InChI=1S/C13H14N2O4S/c1-8-11(13(17)15(2)14-8)12(16)9-4-6-10(7-5-9)20(3,18)19/h4-7,17H,1-3H3. The van der Waals surface area contributed by atoms with Crippen LogP contribution in [0.4, 0.5) is 0 Å². The molecule has 0 aliphatic heterocycles. The summed E-state index contributed by atoms with van der Waals surface area (Å²) in [4.78, 5) is 12.4. The zero-order valence-corrected chi connectivity index (χ0v) is 12.1. The molecule has 0 saturated carbocycles. The fourth-order valence-corrected chi connectivity index (χ4v) is 2.54. The third-order valence-electron chi connectivity index (χ3n) is 2.96. The van der Waals surface area contributed by atoms with Gasteiger partial charge >= 0.3 is 0 Å². The van der Waals surface area contributed by atoms with Crippen molar-refractivity contribution in [1.82, 2.24) is 9.78 Å². The maximum atomic E-state index is 12.3. The van der Waals surface area contributed by atoms with E-state index < -0.39 is 15.6 Å². The van der Waals surface area contributed by atoms with Crippen molar-refractivity contribution >= 4 is 15.6 Å². The van der Waals surface area contributed by atoms with Gasteiger partial charge in [-0.15, -0.1) is 0 Å². The van der Waals surface area contributed by atoms with Gasteiger partial charge in [0.15, 0.2) is 15.6 Å². The number of benzene rings is 1. The first-order valence-electron chi connectivity index (χ1n) is 5.79. The molecule has 0 spiro atoms. The Morgan fingerprint density at radius 3 is 2.20 bits per heavy atom. The van der Waals surface area contributed by atoms with Crippen LogP contribution in [0.3, 0.4) is 0 Å². The number of aromatic hydroxyl groups is 1. The van der Waals surface area contributed by atoms with Gasteiger partial charge in [-0.1, -0.05) is 0 Å². The van der Waals surface area contributed by atoms with Crippen molar-refractivity contribution in [3.63, 3.8) is 0 Å².